The van der Waals surface area contributed by atoms with Crippen LogP contribution < -0.4 is 4.72 Å². The molecule has 3 atom stereocenters. The Bertz CT molecular complexity index is 1000. The van der Waals surface area contributed by atoms with Crippen molar-refractivity contribution in [3.8, 4) is 0 Å². The Hall–Kier alpha value is -1.36. The van der Waals surface area contributed by atoms with E-state index in [2.05, 4.69) is 25.6 Å². The van der Waals surface area contributed by atoms with Crippen LogP contribution in [0.2, 0.25) is 0 Å². The molecule has 4 rings (SSSR count). The predicted molar refractivity (Wildman–Crippen MR) is 110 cm³/mol. The van der Waals surface area contributed by atoms with Crippen LogP contribution in [0.5, 0.6) is 0 Å². The Kier molecular flexibility index (Phi) is 4.88. The highest BCUT2D eigenvalue weighted by molar-refractivity contribution is 9.08. The topological polar surface area (TPSA) is 90.3 Å². The number of benzene rings is 1. The second kappa shape index (κ2) is 6.86. The highest BCUT2D eigenvalue weighted by Gasteiger charge is 2.73. The summed E-state index contributed by atoms with van der Waals surface area (Å²) in [5.41, 5.74) is -0.198. The number of hydrogen-bond acceptors (Lipinski definition) is 6. The van der Waals surface area contributed by atoms with Crippen LogP contribution in [0.25, 0.3) is 0 Å². The summed E-state index contributed by atoms with van der Waals surface area (Å²) in [7, 11) is -2.53. The highest BCUT2D eigenvalue weighted by Crippen LogP contribution is 2.58. The van der Waals surface area contributed by atoms with Gasteiger partial charge in [-0.1, -0.05) is 64.9 Å². The monoisotopic (exact) mass is 485 g/mol. The molecule has 28 heavy (non-hydrogen) atoms. The number of imidazole rings is 1. The van der Waals surface area contributed by atoms with E-state index in [1.165, 1.54) is 18.9 Å². The third kappa shape index (κ3) is 3.01. The Morgan fingerprint density at radius 2 is 2.14 bits per heavy atom. The van der Waals surface area contributed by atoms with Crippen molar-refractivity contribution < 1.29 is 17.9 Å². The van der Waals surface area contributed by atoms with Gasteiger partial charge in [0.25, 0.3) is 0 Å². The molecule has 1 unspecified atom stereocenters. The molecule has 0 spiro atoms. The van der Waals surface area contributed by atoms with Gasteiger partial charge in [-0.05, 0) is 12.0 Å². The fraction of sp³-hybridized carbons (Fsp3) is 0.444. The van der Waals surface area contributed by atoms with Crippen molar-refractivity contribution in [3.63, 3.8) is 0 Å². The van der Waals surface area contributed by atoms with Crippen molar-refractivity contribution in [2.75, 3.05) is 7.11 Å². The SMILES string of the molecule is COC(=O)[C@]1(NS(=O)(=O)C2Cn3cc(CBr)nc3S2)C[C@]1(C)c1ccccc1. The molecule has 2 heterocycles. The quantitative estimate of drug-likeness (QED) is 0.498. The number of alkyl halides is 1. The Balaban J connectivity index is 1.60. The number of nitrogens with one attached hydrogen (secondary N) is 1. The lowest BCUT2D eigenvalue weighted by molar-refractivity contribution is -0.144. The van der Waals surface area contributed by atoms with Crippen molar-refractivity contribution >= 4 is 43.7 Å². The molecule has 7 nitrogen and oxygen atoms in total. The zero-order valence-electron chi connectivity index (χ0n) is 15.4. The first-order chi connectivity index (χ1) is 13.3. The standard InChI is InChI=1S/C18H20BrN3O4S2/c1-17(12-6-4-3-5-7-12)11-18(17,15(23)26-2)21-28(24,25)14-10-22-9-13(8-19)20-16(22)27-14/h3-7,9,14,21H,8,10-11H2,1-2H3/t14?,17-,18-/m1/s1. The van der Waals surface area contributed by atoms with E-state index in [4.69, 9.17) is 4.74 Å². The molecule has 2 aromatic rings. The second-order valence-corrected chi connectivity index (χ2v) is 11.2. The van der Waals surface area contributed by atoms with E-state index in [0.29, 0.717) is 16.9 Å². The van der Waals surface area contributed by atoms with Crippen LogP contribution >= 0.6 is 27.7 Å². The molecule has 150 valence electrons. The Labute approximate surface area is 176 Å². The minimum absolute atomic E-state index is 0.286. The van der Waals surface area contributed by atoms with E-state index < -0.39 is 31.5 Å². The number of nitrogens with zero attached hydrogens (tertiary/aromatic N) is 2. The molecule has 1 fully saturated rings. The van der Waals surface area contributed by atoms with Gasteiger partial charge in [0.15, 0.2) is 5.16 Å². The zero-order chi connectivity index (χ0) is 20.2. The van der Waals surface area contributed by atoms with E-state index in [1.807, 2.05) is 48.0 Å². The molecular formula is C18H20BrN3O4S2. The van der Waals surface area contributed by atoms with Gasteiger partial charge in [0.2, 0.25) is 10.0 Å². The van der Waals surface area contributed by atoms with Crippen molar-refractivity contribution in [3.05, 3.63) is 47.8 Å². The van der Waals surface area contributed by atoms with Crippen LogP contribution in [0.15, 0.2) is 41.7 Å². The third-order valence-corrected chi connectivity index (χ3v) is 9.60. The maximum Gasteiger partial charge on any atom is 0.327 e. The van der Waals surface area contributed by atoms with Crippen molar-refractivity contribution in [1.29, 1.82) is 0 Å². The summed E-state index contributed by atoms with van der Waals surface area (Å²) in [6, 6.07) is 9.45. The number of carbonyl (C=O) groups is 1. The van der Waals surface area contributed by atoms with Gasteiger partial charge in [-0.2, -0.15) is 4.72 Å². The van der Waals surface area contributed by atoms with Gasteiger partial charge >= 0.3 is 5.97 Å². The number of esters is 1. The molecule has 0 amide bonds. The normalized spacial score (nSPS) is 28.8. The number of thioether (sulfide) groups is 1. The van der Waals surface area contributed by atoms with E-state index in [1.54, 1.807) is 0 Å². The minimum atomic E-state index is -3.81. The fourth-order valence-corrected chi connectivity index (χ4v) is 7.27. The van der Waals surface area contributed by atoms with E-state index in [-0.39, 0.29) is 6.54 Å². The number of rotatable bonds is 6. The number of carbonyl (C=O) groups excluding carboxylic acids is 1. The number of sulfonamides is 1. The molecule has 0 saturated heterocycles. The molecule has 1 aliphatic heterocycles. The average Bonchev–Trinajstić information content (AvgIpc) is 2.99. The summed E-state index contributed by atoms with van der Waals surface area (Å²) >= 11 is 4.54. The van der Waals surface area contributed by atoms with Crippen LogP contribution in [0.3, 0.4) is 0 Å². The summed E-state index contributed by atoms with van der Waals surface area (Å²) in [6.07, 6.45) is 2.19. The third-order valence-electron chi connectivity index (χ3n) is 5.55. The summed E-state index contributed by atoms with van der Waals surface area (Å²) in [5, 5.41) is 1.28. The lowest BCUT2D eigenvalue weighted by atomic mass is 9.93. The number of methoxy groups -OCH3 is 1. The van der Waals surface area contributed by atoms with Crippen LogP contribution in [-0.4, -0.2) is 41.2 Å². The van der Waals surface area contributed by atoms with Gasteiger partial charge in [0.05, 0.1) is 19.3 Å². The van der Waals surface area contributed by atoms with Crippen molar-refractivity contribution in [1.82, 2.24) is 14.3 Å². The van der Waals surface area contributed by atoms with Crippen LogP contribution in [-0.2, 0) is 36.8 Å². The average molecular weight is 486 g/mol. The Morgan fingerprint density at radius 1 is 1.43 bits per heavy atom. The van der Waals surface area contributed by atoms with Gasteiger partial charge in [0.1, 0.15) is 10.1 Å². The number of aromatic nitrogens is 2. The van der Waals surface area contributed by atoms with Gasteiger partial charge in [-0.3, -0.25) is 0 Å². The molecular weight excluding hydrogens is 466 g/mol. The van der Waals surface area contributed by atoms with Crippen LogP contribution in [0.4, 0.5) is 0 Å². The molecule has 10 heteroatoms. The maximum atomic E-state index is 13.2. The first kappa shape index (κ1) is 19.9. The Morgan fingerprint density at radius 3 is 2.75 bits per heavy atom. The molecule has 0 bridgehead atoms. The zero-order valence-corrected chi connectivity index (χ0v) is 18.6. The van der Waals surface area contributed by atoms with Crippen LogP contribution in [0, 0.1) is 0 Å². The molecule has 1 aromatic heterocycles. The molecule has 1 N–H and O–H groups in total. The molecule has 0 radical (unpaired) electrons. The largest absolute Gasteiger partial charge is 0.468 e. The van der Waals surface area contributed by atoms with Crippen molar-refractivity contribution in [2.45, 2.75) is 45.9 Å². The summed E-state index contributed by atoms with van der Waals surface area (Å²) in [6.45, 7) is 2.17. The number of fused-ring (bicyclic) bond motifs is 1. The summed E-state index contributed by atoms with van der Waals surface area (Å²) in [4.78, 5) is 17.1. The fourth-order valence-electron chi connectivity index (χ4n) is 3.83. The van der Waals surface area contributed by atoms with Gasteiger partial charge in [-0.25, -0.2) is 18.2 Å². The molecule has 1 aliphatic carbocycles. The van der Waals surface area contributed by atoms with E-state index >= 15 is 0 Å². The molecule has 1 saturated carbocycles. The summed E-state index contributed by atoms with van der Waals surface area (Å²) in [5.74, 6) is -0.565. The number of hydrogen-bond donors (Lipinski definition) is 1. The van der Waals surface area contributed by atoms with Gasteiger partial charge in [0, 0.05) is 16.9 Å². The predicted octanol–water partition coefficient (Wildman–Crippen LogP) is 2.40. The minimum Gasteiger partial charge on any atom is -0.468 e. The highest BCUT2D eigenvalue weighted by atomic mass is 79.9. The van der Waals surface area contributed by atoms with Gasteiger partial charge < -0.3 is 9.30 Å². The van der Waals surface area contributed by atoms with E-state index in [0.717, 1.165) is 11.3 Å². The number of ether oxygens (including phenoxy) is 1. The lowest BCUT2D eigenvalue weighted by Gasteiger charge is -2.24. The summed E-state index contributed by atoms with van der Waals surface area (Å²) < 4.78 is 35.1. The van der Waals surface area contributed by atoms with Gasteiger partial charge in [-0.15, -0.1) is 0 Å². The lowest BCUT2D eigenvalue weighted by Crippen LogP contribution is -2.51. The second-order valence-electron chi connectivity index (χ2n) is 7.27. The first-order valence-electron chi connectivity index (χ1n) is 8.71. The maximum absolute atomic E-state index is 13.2. The van der Waals surface area contributed by atoms with Crippen LogP contribution in [0.1, 0.15) is 24.6 Å². The van der Waals surface area contributed by atoms with Crippen molar-refractivity contribution in [2.24, 2.45) is 0 Å². The smallest absolute Gasteiger partial charge is 0.327 e. The molecule has 2 aliphatic rings. The molecule has 1 aromatic carbocycles. The first-order valence-corrected chi connectivity index (χ1v) is 12.3. The van der Waals surface area contributed by atoms with E-state index in [9.17, 15) is 13.2 Å². The number of halogens is 1.